The van der Waals surface area contributed by atoms with Crippen LogP contribution >= 0.6 is 0 Å². The number of amides is 1. The van der Waals surface area contributed by atoms with Crippen molar-refractivity contribution in [2.45, 2.75) is 4.90 Å². The lowest BCUT2D eigenvalue weighted by Gasteiger charge is -2.33. The summed E-state index contributed by atoms with van der Waals surface area (Å²) < 4.78 is 28.4. The van der Waals surface area contributed by atoms with Crippen LogP contribution in [-0.4, -0.2) is 59.3 Å². The second-order valence-electron chi connectivity index (χ2n) is 6.10. The predicted octanol–water partition coefficient (Wildman–Crippen LogP) is 1.48. The van der Waals surface area contributed by atoms with Crippen molar-refractivity contribution in [1.29, 1.82) is 0 Å². The molecule has 26 heavy (non-hydrogen) atoms. The highest BCUT2D eigenvalue weighted by Crippen LogP contribution is 2.19. The molecule has 3 aromatic rings. The molecule has 0 N–H and O–H groups in total. The van der Waals surface area contributed by atoms with Gasteiger partial charge in [-0.1, -0.05) is 24.3 Å². The smallest absolute Gasteiger partial charge is 0.257 e. The third-order valence-electron chi connectivity index (χ3n) is 4.56. The molecule has 0 radical (unpaired) electrons. The van der Waals surface area contributed by atoms with Gasteiger partial charge in [0.05, 0.1) is 22.2 Å². The van der Waals surface area contributed by atoms with E-state index < -0.39 is 10.0 Å². The summed E-state index contributed by atoms with van der Waals surface area (Å²) in [6, 6.07) is 13.9. The second-order valence-corrected chi connectivity index (χ2v) is 8.04. The topological polar surface area (TPSA) is 75.0 Å². The normalized spacial score (nSPS) is 16.1. The SMILES string of the molecule is O=C(c1cnn2ccccc12)N1CCN(S(=O)(=O)c2ccccc2)CC1. The van der Waals surface area contributed by atoms with Gasteiger partial charge < -0.3 is 4.90 Å². The van der Waals surface area contributed by atoms with Gasteiger partial charge in [0.25, 0.3) is 5.91 Å². The van der Waals surface area contributed by atoms with Gasteiger partial charge in [-0.25, -0.2) is 12.9 Å². The molecular formula is C18H18N4O3S. The molecule has 0 spiro atoms. The zero-order chi connectivity index (χ0) is 18.1. The largest absolute Gasteiger partial charge is 0.336 e. The molecule has 1 fully saturated rings. The van der Waals surface area contributed by atoms with E-state index in [-0.39, 0.29) is 23.9 Å². The molecule has 0 unspecified atom stereocenters. The number of pyridine rings is 1. The minimum atomic E-state index is -3.52. The monoisotopic (exact) mass is 370 g/mol. The van der Waals surface area contributed by atoms with Crippen molar-refractivity contribution in [2.24, 2.45) is 0 Å². The molecule has 134 valence electrons. The number of sulfonamides is 1. The summed E-state index contributed by atoms with van der Waals surface area (Å²) >= 11 is 0. The molecule has 0 bridgehead atoms. The van der Waals surface area contributed by atoms with Crippen molar-refractivity contribution in [3.05, 3.63) is 66.5 Å². The Morgan fingerprint density at radius 3 is 2.35 bits per heavy atom. The molecule has 1 aliphatic rings. The second kappa shape index (κ2) is 6.54. The molecule has 1 aromatic carbocycles. The quantitative estimate of drug-likeness (QED) is 0.700. The van der Waals surface area contributed by atoms with Crippen molar-refractivity contribution in [3.8, 4) is 0 Å². The van der Waals surface area contributed by atoms with Gasteiger partial charge in [-0.05, 0) is 24.3 Å². The molecule has 0 aliphatic carbocycles. The van der Waals surface area contributed by atoms with E-state index in [1.165, 1.54) is 4.31 Å². The summed E-state index contributed by atoms with van der Waals surface area (Å²) in [6.45, 7) is 1.27. The first-order valence-electron chi connectivity index (χ1n) is 8.34. The van der Waals surface area contributed by atoms with Crippen LogP contribution in [0.4, 0.5) is 0 Å². The minimum Gasteiger partial charge on any atom is -0.336 e. The molecule has 3 heterocycles. The average molecular weight is 370 g/mol. The molecule has 7 nitrogen and oxygen atoms in total. The van der Waals surface area contributed by atoms with Crippen molar-refractivity contribution < 1.29 is 13.2 Å². The van der Waals surface area contributed by atoms with Crippen LogP contribution in [0.2, 0.25) is 0 Å². The fraction of sp³-hybridized carbons (Fsp3) is 0.222. The molecule has 1 aliphatic heterocycles. The molecule has 1 amide bonds. The van der Waals surface area contributed by atoms with Crippen LogP contribution in [0, 0.1) is 0 Å². The van der Waals surface area contributed by atoms with Crippen LogP contribution in [0.3, 0.4) is 0 Å². The Hall–Kier alpha value is -2.71. The number of aromatic nitrogens is 2. The third kappa shape index (κ3) is 2.87. The van der Waals surface area contributed by atoms with Crippen molar-refractivity contribution in [2.75, 3.05) is 26.2 Å². The van der Waals surface area contributed by atoms with E-state index in [2.05, 4.69) is 5.10 Å². The zero-order valence-electron chi connectivity index (χ0n) is 14.0. The van der Waals surface area contributed by atoms with Gasteiger partial charge in [0.2, 0.25) is 10.0 Å². The highest BCUT2D eigenvalue weighted by atomic mass is 32.2. The van der Waals surface area contributed by atoms with Crippen LogP contribution in [0.1, 0.15) is 10.4 Å². The first kappa shape index (κ1) is 16.7. The summed E-state index contributed by atoms with van der Waals surface area (Å²) in [7, 11) is -3.52. The van der Waals surface area contributed by atoms with E-state index >= 15 is 0 Å². The summed E-state index contributed by atoms with van der Waals surface area (Å²) in [6.07, 6.45) is 3.35. The maximum Gasteiger partial charge on any atom is 0.257 e. The molecule has 0 saturated carbocycles. The number of carbonyl (C=O) groups is 1. The van der Waals surface area contributed by atoms with Gasteiger partial charge in [0.1, 0.15) is 0 Å². The highest BCUT2D eigenvalue weighted by molar-refractivity contribution is 7.89. The summed E-state index contributed by atoms with van der Waals surface area (Å²) in [5.74, 6) is -0.122. The zero-order valence-corrected chi connectivity index (χ0v) is 14.8. The predicted molar refractivity (Wildman–Crippen MR) is 96.3 cm³/mol. The fourth-order valence-electron chi connectivity index (χ4n) is 3.14. The maximum atomic E-state index is 12.8. The standard InChI is InChI=1S/C18H18N4O3S/c23-18(16-14-19-22-9-5-4-8-17(16)22)20-10-12-21(13-11-20)26(24,25)15-6-2-1-3-7-15/h1-9,14H,10-13H2. The molecule has 0 atom stereocenters. The van der Waals surface area contributed by atoms with Gasteiger partial charge in [0.15, 0.2) is 0 Å². The van der Waals surface area contributed by atoms with E-state index in [0.29, 0.717) is 18.7 Å². The van der Waals surface area contributed by atoms with E-state index in [1.807, 2.05) is 18.2 Å². The summed E-state index contributed by atoms with van der Waals surface area (Å²) in [5, 5.41) is 4.19. The number of hydrogen-bond donors (Lipinski definition) is 0. The number of nitrogens with zero attached hydrogens (tertiary/aromatic N) is 4. The molecule has 4 rings (SSSR count). The van der Waals surface area contributed by atoms with Crippen LogP contribution < -0.4 is 0 Å². The Balaban J connectivity index is 1.49. The number of rotatable bonds is 3. The Bertz CT molecular complexity index is 1040. The lowest BCUT2D eigenvalue weighted by molar-refractivity contribution is 0.0700. The highest BCUT2D eigenvalue weighted by Gasteiger charge is 2.31. The van der Waals surface area contributed by atoms with Crippen LogP contribution in [0.25, 0.3) is 5.52 Å². The van der Waals surface area contributed by atoms with E-state index in [0.717, 1.165) is 5.52 Å². The van der Waals surface area contributed by atoms with Crippen LogP contribution in [0.15, 0.2) is 65.8 Å². The van der Waals surface area contributed by atoms with Crippen LogP contribution in [-0.2, 0) is 10.0 Å². The maximum absolute atomic E-state index is 12.8. The first-order valence-corrected chi connectivity index (χ1v) is 9.78. The van der Waals surface area contributed by atoms with Gasteiger partial charge in [-0.3, -0.25) is 4.79 Å². The fourth-order valence-corrected chi connectivity index (χ4v) is 4.59. The van der Waals surface area contributed by atoms with Crippen molar-refractivity contribution in [3.63, 3.8) is 0 Å². The van der Waals surface area contributed by atoms with E-state index in [4.69, 9.17) is 0 Å². The minimum absolute atomic E-state index is 0.122. The number of fused-ring (bicyclic) bond motifs is 1. The van der Waals surface area contributed by atoms with Crippen molar-refractivity contribution >= 4 is 21.4 Å². The van der Waals surface area contributed by atoms with Gasteiger partial charge in [0, 0.05) is 32.4 Å². The molecule has 8 heteroatoms. The lowest BCUT2D eigenvalue weighted by Crippen LogP contribution is -2.50. The van der Waals surface area contributed by atoms with Gasteiger partial charge in [-0.15, -0.1) is 0 Å². The Morgan fingerprint density at radius 1 is 0.923 bits per heavy atom. The summed E-state index contributed by atoms with van der Waals surface area (Å²) in [5.41, 5.74) is 1.28. The molecular weight excluding hydrogens is 352 g/mol. The number of hydrogen-bond acceptors (Lipinski definition) is 4. The molecule has 1 saturated heterocycles. The van der Waals surface area contributed by atoms with Gasteiger partial charge in [-0.2, -0.15) is 9.40 Å². The first-order chi connectivity index (χ1) is 12.6. The Kier molecular flexibility index (Phi) is 4.21. The average Bonchev–Trinajstić information content (AvgIpc) is 3.12. The molecule has 2 aromatic heterocycles. The Morgan fingerprint density at radius 2 is 1.62 bits per heavy atom. The Labute approximate surface area is 151 Å². The third-order valence-corrected chi connectivity index (χ3v) is 6.48. The van der Waals surface area contributed by atoms with E-state index in [9.17, 15) is 13.2 Å². The van der Waals surface area contributed by atoms with Gasteiger partial charge >= 0.3 is 0 Å². The van der Waals surface area contributed by atoms with Crippen LogP contribution in [0.5, 0.6) is 0 Å². The van der Waals surface area contributed by atoms with Crippen molar-refractivity contribution in [1.82, 2.24) is 18.8 Å². The lowest BCUT2D eigenvalue weighted by atomic mass is 10.2. The number of benzene rings is 1. The number of piperazine rings is 1. The summed E-state index contributed by atoms with van der Waals surface area (Å²) in [4.78, 5) is 14.8. The number of carbonyl (C=O) groups excluding carboxylic acids is 1. The van der Waals surface area contributed by atoms with E-state index in [1.54, 1.807) is 52.1 Å².